The van der Waals surface area contributed by atoms with Crippen molar-refractivity contribution in [3.63, 3.8) is 0 Å². The van der Waals surface area contributed by atoms with Gasteiger partial charge < -0.3 is 14.8 Å². The van der Waals surface area contributed by atoms with Gasteiger partial charge in [-0.05, 0) is 43.2 Å². The molecule has 2 amide bonds. The van der Waals surface area contributed by atoms with Crippen molar-refractivity contribution >= 4 is 6.03 Å². The summed E-state index contributed by atoms with van der Waals surface area (Å²) < 4.78 is 37.8. The van der Waals surface area contributed by atoms with E-state index in [0.29, 0.717) is 12.5 Å². The summed E-state index contributed by atoms with van der Waals surface area (Å²) in [6.45, 7) is 2.95. The molecule has 1 unspecified atom stereocenters. The molecule has 5 rings (SSSR count). The molecule has 0 aromatic carbocycles. The van der Waals surface area contributed by atoms with Crippen molar-refractivity contribution in [1.82, 2.24) is 30.0 Å². The lowest BCUT2D eigenvalue weighted by Gasteiger charge is -2.59. The Morgan fingerprint density at radius 1 is 1.23 bits per heavy atom. The quantitative estimate of drug-likeness (QED) is 0.828. The molecule has 2 aromatic heterocycles. The predicted molar refractivity (Wildman–Crippen MR) is 100 cm³/mol. The van der Waals surface area contributed by atoms with Gasteiger partial charge in [0, 0.05) is 43.7 Å². The second-order valence-corrected chi connectivity index (χ2v) is 8.97. The van der Waals surface area contributed by atoms with E-state index in [1.165, 1.54) is 12.3 Å². The van der Waals surface area contributed by atoms with Crippen LogP contribution in [0.3, 0.4) is 0 Å². The second-order valence-electron chi connectivity index (χ2n) is 8.97. The minimum Gasteiger partial charge on any atom is -0.331 e. The molecule has 2 aliphatic heterocycles. The highest BCUT2D eigenvalue weighted by Gasteiger charge is 2.54. The average molecular weight is 420 g/mol. The van der Waals surface area contributed by atoms with Gasteiger partial charge >= 0.3 is 12.2 Å². The summed E-state index contributed by atoms with van der Waals surface area (Å²) in [4.78, 5) is 23.1. The fourth-order valence-electron chi connectivity index (χ4n) is 5.28. The summed E-state index contributed by atoms with van der Waals surface area (Å²) in [6, 6.07) is 2.67. The number of carbonyl (C=O) groups excluding carboxylic acids is 1. The van der Waals surface area contributed by atoms with Crippen molar-refractivity contribution in [3.8, 4) is 0 Å². The van der Waals surface area contributed by atoms with Crippen LogP contribution in [0.1, 0.15) is 42.3 Å². The number of aromatic amines is 1. The normalized spacial score (nSPS) is 23.5. The molecule has 4 heterocycles. The molecular formula is C20H23F3N6O. The van der Waals surface area contributed by atoms with Gasteiger partial charge in [-0.25, -0.2) is 4.79 Å². The molecule has 1 aliphatic carbocycles. The van der Waals surface area contributed by atoms with Gasteiger partial charge in [0.15, 0.2) is 0 Å². The standard InChI is InChI=1S/C20H23F3N6O/c21-20(22,23)16-2-1-13(8-24-16)5-14-6-19(7-14)10-29(11-19)18(30)28-4-3-15(9-28)17-25-12-26-27-17/h1-2,8,12,14-15H,3-7,9-11H2,(H,25,26,27). The van der Waals surface area contributed by atoms with Crippen LogP contribution in [0.2, 0.25) is 0 Å². The highest BCUT2D eigenvalue weighted by Crippen LogP contribution is 2.53. The van der Waals surface area contributed by atoms with Crippen LogP contribution in [0.25, 0.3) is 0 Å². The van der Waals surface area contributed by atoms with Gasteiger partial charge in [0.2, 0.25) is 0 Å². The van der Waals surface area contributed by atoms with Gasteiger partial charge in [-0.3, -0.25) is 4.98 Å². The van der Waals surface area contributed by atoms with E-state index in [1.54, 1.807) is 6.33 Å². The number of halogens is 3. The van der Waals surface area contributed by atoms with E-state index in [2.05, 4.69) is 20.2 Å². The molecule has 1 atom stereocenters. The number of alkyl halides is 3. The molecule has 30 heavy (non-hydrogen) atoms. The summed E-state index contributed by atoms with van der Waals surface area (Å²) in [5.41, 5.74) is 0.187. The number of aromatic nitrogens is 4. The maximum atomic E-state index is 12.8. The van der Waals surface area contributed by atoms with Crippen LogP contribution >= 0.6 is 0 Å². The first kappa shape index (κ1) is 19.3. The number of urea groups is 1. The van der Waals surface area contributed by atoms with E-state index in [9.17, 15) is 18.0 Å². The maximum absolute atomic E-state index is 12.8. The fourth-order valence-corrected chi connectivity index (χ4v) is 5.28. The average Bonchev–Trinajstić information content (AvgIpc) is 3.33. The van der Waals surface area contributed by atoms with Gasteiger partial charge in [-0.2, -0.15) is 13.2 Å². The predicted octanol–water partition coefficient (Wildman–Crippen LogP) is 3.08. The Morgan fingerprint density at radius 3 is 2.67 bits per heavy atom. The molecular weight excluding hydrogens is 397 g/mol. The zero-order chi connectivity index (χ0) is 20.9. The monoisotopic (exact) mass is 420 g/mol. The Kier molecular flexibility index (Phi) is 4.48. The Bertz CT molecular complexity index is 900. The van der Waals surface area contributed by atoms with Gasteiger partial charge in [0.1, 0.15) is 17.8 Å². The smallest absolute Gasteiger partial charge is 0.331 e. The number of hydrogen-bond donors (Lipinski definition) is 1. The lowest BCUT2D eigenvalue weighted by molar-refractivity contribution is -0.141. The fraction of sp³-hybridized carbons (Fsp3) is 0.600. The molecule has 1 spiro atoms. The third-order valence-corrected chi connectivity index (χ3v) is 6.69. The van der Waals surface area contributed by atoms with Crippen molar-refractivity contribution in [2.24, 2.45) is 11.3 Å². The molecule has 1 N–H and O–H groups in total. The van der Waals surface area contributed by atoms with Crippen molar-refractivity contribution in [3.05, 3.63) is 41.7 Å². The Balaban J connectivity index is 1.08. The van der Waals surface area contributed by atoms with Crippen LogP contribution in [0.4, 0.5) is 18.0 Å². The first-order chi connectivity index (χ1) is 14.3. The molecule has 2 saturated heterocycles. The van der Waals surface area contributed by atoms with E-state index in [1.807, 2.05) is 9.80 Å². The number of amides is 2. The van der Waals surface area contributed by atoms with E-state index in [0.717, 1.165) is 62.8 Å². The number of pyridine rings is 1. The summed E-state index contributed by atoms with van der Waals surface area (Å²) >= 11 is 0. The number of hydrogen-bond acceptors (Lipinski definition) is 4. The Hall–Kier alpha value is -2.65. The Labute approximate surface area is 171 Å². The third-order valence-electron chi connectivity index (χ3n) is 6.69. The number of likely N-dealkylation sites (tertiary alicyclic amines) is 2. The van der Waals surface area contributed by atoms with Crippen LogP contribution in [0, 0.1) is 11.3 Å². The molecule has 0 bridgehead atoms. The van der Waals surface area contributed by atoms with Crippen molar-refractivity contribution in [2.75, 3.05) is 26.2 Å². The van der Waals surface area contributed by atoms with Gasteiger partial charge in [0.05, 0.1) is 0 Å². The van der Waals surface area contributed by atoms with Crippen molar-refractivity contribution < 1.29 is 18.0 Å². The van der Waals surface area contributed by atoms with E-state index >= 15 is 0 Å². The van der Waals surface area contributed by atoms with E-state index in [-0.39, 0.29) is 17.4 Å². The summed E-state index contributed by atoms with van der Waals surface area (Å²) in [6.07, 6.45) is 2.16. The maximum Gasteiger partial charge on any atom is 0.433 e. The molecule has 3 aliphatic rings. The minimum atomic E-state index is -4.40. The van der Waals surface area contributed by atoms with Crippen LogP contribution in [-0.4, -0.2) is 62.2 Å². The zero-order valence-electron chi connectivity index (χ0n) is 16.4. The topological polar surface area (TPSA) is 78.0 Å². The van der Waals surface area contributed by atoms with Crippen molar-refractivity contribution in [1.29, 1.82) is 0 Å². The zero-order valence-corrected chi connectivity index (χ0v) is 16.4. The number of H-pyrrole nitrogens is 1. The number of rotatable bonds is 3. The molecule has 2 aromatic rings. The van der Waals surface area contributed by atoms with Crippen LogP contribution < -0.4 is 0 Å². The first-order valence-corrected chi connectivity index (χ1v) is 10.2. The number of carbonyl (C=O) groups is 1. The minimum absolute atomic E-state index is 0.0954. The molecule has 3 fully saturated rings. The third kappa shape index (κ3) is 3.52. The molecule has 7 nitrogen and oxygen atoms in total. The summed E-state index contributed by atoms with van der Waals surface area (Å²) in [5, 5.41) is 7.87. The number of nitrogens with zero attached hydrogens (tertiary/aromatic N) is 5. The molecule has 10 heteroatoms. The van der Waals surface area contributed by atoms with Crippen LogP contribution in [0.15, 0.2) is 24.7 Å². The van der Waals surface area contributed by atoms with Crippen molar-refractivity contribution in [2.45, 2.75) is 37.8 Å². The van der Waals surface area contributed by atoms with Crippen LogP contribution in [0.5, 0.6) is 0 Å². The molecule has 1 saturated carbocycles. The largest absolute Gasteiger partial charge is 0.433 e. The second kappa shape index (κ2) is 6.95. The van der Waals surface area contributed by atoms with E-state index < -0.39 is 11.9 Å². The lowest BCUT2D eigenvalue weighted by atomic mass is 9.56. The van der Waals surface area contributed by atoms with Gasteiger partial charge in [-0.15, -0.1) is 10.2 Å². The van der Waals surface area contributed by atoms with E-state index in [4.69, 9.17) is 0 Å². The highest BCUT2D eigenvalue weighted by atomic mass is 19.4. The number of nitrogens with one attached hydrogen (secondary N) is 1. The first-order valence-electron chi connectivity index (χ1n) is 10.2. The SMILES string of the molecule is O=C(N1CCC(c2nnc[nH]2)C1)N1CC2(CC(Cc3ccc(C(F)(F)F)nc3)C2)C1. The summed E-state index contributed by atoms with van der Waals surface area (Å²) in [5.74, 6) is 1.51. The van der Waals surface area contributed by atoms with Gasteiger partial charge in [0.25, 0.3) is 0 Å². The highest BCUT2D eigenvalue weighted by molar-refractivity contribution is 5.76. The Morgan fingerprint density at radius 2 is 2.03 bits per heavy atom. The van der Waals surface area contributed by atoms with Gasteiger partial charge in [-0.1, -0.05) is 6.07 Å². The molecule has 160 valence electrons. The van der Waals surface area contributed by atoms with Crippen LogP contribution in [-0.2, 0) is 12.6 Å². The lowest BCUT2D eigenvalue weighted by Crippen LogP contribution is -2.65. The molecule has 0 radical (unpaired) electrons. The summed E-state index contributed by atoms with van der Waals surface area (Å²) in [7, 11) is 0.